The zero-order valence-corrected chi connectivity index (χ0v) is 18.6. The Balaban J connectivity index is 1.38. The predicted molar refractivity (Wildman–Crippen MR) is 127 cm³/mol. The quantitative estimate of drug-likeness (QED) is 0.476. The van der Waals surface area contributed by atoms with E-state index < -0.39 is 5.91 Å². The number of benzene rings is 1. The fraction of sp³-hybridized carbons (Fsp3) is 0.200. The molecule has 0 radical (unpaired) electrons. The Kier molecular flexibility index (Phi) is 4.62. The van der Waals surface area contributed by atoms with E-state index in [1.807, 2.05) is 42.5 Å². The molecule has 0 atom stereocenters. The SMILES string of the molecule is NC(=O)c1cc2c(s1)-c1ccccc1N(C(=O)c1cccc(-c3cn[nH]c3C3CC3)n1)CC2. The average Bonchev–Trinajstić information content (AvgIpc) is 3.44. The third kappa shape index (κ3) is 3.43. The standard InChI is InChI=1S/C25H21N5O2S/c26-24(31)21-12-15-10-11-30(20-7-2-1-4-16(20)23(15)33-21)25(32)19-6-3-5-18(28-19)17-13-27-29-22(17)14-8-9-14/h1-7,12-14H,8-11H2,(H2,26,31)(H,27,29). The van der Waals surface area contributed by atoms with E-state index >= 15 is 0 Å². The van der Waals surface area contributed by atoms with E-state index in [9.17, 15) is 9.59 Å². The number of fused-ring (bicyclic) bond motifs is 3. The van der Waals surface area contributed by atoms with Gasteiger partial charge in [0.05, 0.1) is 22.5 Å². The Morgan fingerprint density at radius 3 is 2.76 bits per heavy atom. The molecule has 2 aliphatic rings. The molecule has 7 nitrogen and oxygen atoms in total. The second kappa shape index (κ2) is 7.67. The maximum atomic E-state index is 13.7. The molecule has 3 N–H and O–H groups in total. The summed E-state index contributed by atoms with van der Waals surface area (Å²) in [6.45, 7) is 0.489. The highest BCUT2D eigenvalue weighted by atomic mass is 32.1. The average molecular weight is 456 g/mol. The maximum absolute atomic E-state index is 13.7. The fourth-order valence-electron chi connectivity index (χ4n) is 4.45. The largest absolute Gasteiger partial charge is 0.365 e. The third-order valence-electron chi connectivity index (χ3n) is 6.24. The Morgan fingerprint density at radius 1 is 1.09 bits per heavy atom. The highest BCUT2D eigenvalue weighted by Gasteiger charge is 2.30. The van der Waals surface area contributed by atoms with Crippen LogP contribution in [0.5, 0.6) is 0 Å². The number of rotatable bonds is 4. The summed E-state index contributed by atoms with van der Waals surface area (Å²) >= 11 is 1.38. The van der Waals surface area contributed by atoms with Crippen LogP contribution in [0.2, 0.25) is 0 Å². The number of hydrogen-bond acceptors (Lipinski definition) is 5. The highest BCUT2D eigenvalue weighted by Crippen LogP contribution is 2.43. The van der Waals surface area contributed by atoms with Crippen LogP contribution in [0.15, 0.2) is 54.7 Å². The van der Waals surface area contributed by atoms with Crippen molar-refractivity contribution >= 4 is 28.8 Å². The minimum Gasteiger partial charge on any atom is -0.365 e. The molecule has 0 saturated heterocycles. The lowest BCUT2D eigenvalue weighted by Gasteiger charge is -2.22. The first-order chi connectivity index (χ1) is 16.1. The molecule has 33 heavy (non-hydrogen) atoms. The number of thiophene rings is 1. The summed E-state index contributed by atoms with van der Waals surface area (Å²) in [6, 6.07) is 15.2. The van der Waals surface area contributed by atoms with Crippen molar-refractivity contribution in [3.63, 3.8) is 0 Å². The molecule has 2 amide bonds. The number of aromatic amines is 1. The maximum Gasteiger partial charge on any atom is 0.276 e. The van der Waals surface area contributed by atoms with Gasteiger partial charge in [0.2, 0.25) is 0 Å². The third-order valence-corrected chi connectivity index (χ3v) is 7.46. The number of para-hydroxylation sites is 1. The number of nitrogens with zero attached hydrogens (tertiary/aromatic N) is 3. The molecule has 0 spiro atoms. The van der Waals surface area contributed by atoms with E-state index in [1.54, 1.807) is 17.2 Å². The molecule has 1 aliphatic carbocycles. The number of carbonyl (C=O) groups excluding carboxylic acids is 2. The topological polar surface area (TPSA) is 105 Å². The number of carbonyl (C=O) groups is 2. The number of nitrogens with two attached hydrogens (primary N) is 1. The van der Waals surface area contributed by atoms with Crippen molar-refractivity contribution < 1.29 is 9.59 Å². The first-order valence-electron chi connectivity index (χ1n) is 10.9. The zero-order chi connectivity index (χ0) is 22.5. The van der Waals surface area contributed by atoms with E-state index in [4.69, 9.17) is 10.7 Å². The van der Waals surface area contributed by atoms with Gasteiger partial charge in [-0.05, 0) is 49.1 Å². The minimum atomic E-state index is -0.427. The van der Waals surface area contributed by atoms with Gasteiger partial charge >= 0.3 is 0 Å². The van der Waals surface area contributed by atoms with E-state index in [0.29, 0.717) is 29.5 Å². The molecule has 1 aromatic carbocycles. The molecular weight excluding hydrogens is 434 g/mol. The lowest BCUT2D eigenvalue weighted by atomic mass is 10.1. The lowest BCUT2D eigenvalue weighted by Crippen LogP contribution is -2.33. The lowest BCUT2D eigenvalue weighted by molar-refractivity contribution is 0.0979. The fourth-order valence-corrected chi connectivity index (χ4v) is 5.55. The summed E-state index contributed by atoms with van der Waals surface area (Å²) in [5, 5.41) is 7.31. The van der Waals surface area contributed by atoms with Crippen LogP contribution in [0, 0.1) is 0 Å². The summed E-state index contributed by atoms with van der Waals surface area (Å²) in [5.74, 6) is -0.0687. The molecular formula is C25H21N5O2S. The van der Waals surface area contributed by atoms with Crippen molar-refractivity contribution in [2.75, 3.05) is 11.4 Å². The Morgan fingerprint density at radius 2 is 1.94 bits per heavy atom. The second-order valence-electron chi connectivity index (χ2n) is 8.43. The summed E-state index contributed by atoms with van der Waals surface area (Å²) in [5.41, 5.74) is 11.5. The molecule has 0 bridgehead atoms. The summed E-state index contributed by atoms with van der Waals surface area (Å²) in [7, 11) is 0. The molecule has 1 aliphatic heterocycles. The van der Waals surface area contributed by atoms with E-state index in [1.165, 1.54) is 11.3 Å². The molecule has 1 saturated carbocycles. The summed E-state index contributed by atoms with van der Waals surface area (Å²) in [6.07, 6.45) is 4.73. The molecule has 164 valence electrons. The molecule has 3 aromatic heterocycles. The van der Waals surface area contributed by atoms with Crippen LogP contribution < -0.4 is 10.6 Å². The molecule has 6 rings (SSSR count). The van der Waals surface area contributed by atoms with Crippen LogP contribution in [0.4, 0.5) is 5.69 Å². The Labute approximate surface area is 194 Å². The van der Waals surface area contributed by atoms with Gasteiger partial charge in [-0.15, -0.1) is 11.3 Å². The van der Waals surface area contributed by atoms with Crippen molar-refractivity contribution in [3.8, 4) is 21.7 Å². The van der Waals surface area contributed by atoms with Gasteiger partial charge in [0.25, 0.3) is 11.8 Å². The molecule has 4 heterocycles. The second-order valence-corrected chi connectivity index (χ2v) is 9.49. The van der Waals surface area contributed by atoms with E-state index in [-0.39, 0.29) is 5.91 Å². The highest BCUT2D eigenvalue weighted by molar-refractivity contribution is 7.17. The van der Waals surface area contributed by atoms with Crippen molar-refractivity contribution in [3.05, 3.63) is 76.6 Å². The smallest absolute Gasteiger partial charge is 0.276 e. The molecule has 1 fully saturated rings. The van der Waals surface area contributed by atoms with Gasteiger partial charge in [0.1, 0.15) is 5.69 Å². The van der Waals surface area contributed by atoms with Crippen LogP contribution in [0.1, 0.15) is 50.2 Å². The predicted octanol–water partition coefficient (Wildman–Crippen LogP) is 4.38. The molecule has 4 aromatic rings. The minimum absolute atomic E-state index is 0.147. The number of pyridine rings is 1. The van der Waals surface area contributed by atoms with Crippen molar-refractivity contribution in [2.24, 2.45) is 5.73 Å². The van der Waals surface area contributed by atoms with Crippen LogP contribution in [-0.2, 0) is 6.42 Å². The van der Waals surface area contributed by atoms with Gasteiger partial charge < -0.3 is 10.6 Å². The Hall–Kier alpha value is -3.78. The van der Waals surface area contributed by atoms with Crippen LogP contribution in [0.25, 0.3) is 21.7 Å². The zero-order valence-electron chi connectivity index (χ0n) is 17.7. The number of aromatic nitrogens is 3. The summed E-state index contributed by atoms with van der Waals surface area (Å²) < 4.78 is 0. The van der Waals surface area contributed by atoms with E-state index in [0.717, 1.165) is 51.5 Å². The number of amides is 2. The van der Waals surface area contributed by atoms with Gasteiger partial charge in [0, 0.05) is 34.2 Å². The normalized spacial score (nSPS) is 15.0. The van der Waals surface area contributed by atoms with Crippen molar-refractivity contribution in [2.45, 2.75) is 25.2 Å². The first kappa shape index (κ1) is 19.9. The number of anilines is 1. The first-order valence-corrected chi connectivity index (χ1v) is 11.8. The van der Waals surface area contributed by atoms with Crippen molar-refractivity contribution in [1.82, 2.24) is 15.2 Å². The number of primary amides is 1. The van der Waals surface area contributed by atoms with Gasteiger partial charge in [-0.25, -0.2) is 4.98 Å². The monoisotopic (exact) mass is 455 g/mol. The number of nitrogens with one attached hydrogen (secondary N) is 1. The van der Waals surface area contributed by atoms with Gasteiger partial charge in [0.15, 0.2) is 0 Å². The molecule has 0 unspecified atom stereocenters. The Bertz CT molecular complexity index is 1400. The number of H-pyrrole nitrogens is 1. The van der Waals surface area contributed by atoms with Gasteiger partial charge in [-0.2, -0.15) is 5.10 Å². The van der Waals surface area contributed by atoms with Gasteiger partial charge in [-0.1, -0.05) is 24.3 Å². The van der Waals surface area contributed by atoms with Crippen LogP contribution in [-0.4, -0.2) is 33.5 Å². The van der Waals surface area contributed by atoms with E-state index in [2.05, 4.69) is 10.2 Å². The number of hydrogen-bond donors (Lipinski definition) is 2. The van der Waals surface area contributed by atoms with Crippen molar-refractivity contribution in [1.29, 1.82) is 0 Å². The molecule has 8 heteroatoms. The van der Waals surface area contributed by atoms with Gasteiger partial charge in [-0.3, -0.25) is 14.7 Å². The summed E-state index contributed by atoms with van der Waals surface area (Å²) in [4.78, 5) is 33.5. The van der Waals surface area contributed by atoms with Crippen LogP contribution >= 0.6 is 11.3 Å². The van der Waals surface area contributed by atoms with Crippen LogP contribution in [0.3, 0.4) is 0 Å².